The lowest BCUT2D eigenvalue weighted by Crippen LogP contribution is -2.09. The molecular formula is C9H12N2O2. The molecule has 4 nitrogen and oxygen atoms in total. The van der Waals surface area contributed by atoms with Crippen molar-refractivity contribution in [2.24, 2.45) is 5.73 Å². The summed E-state index contributed by atoms with van der Waals surface area (Å²) in [7, 11) is 1.34. The van der Waals surface area contributed by atoms with E-state index in [0.717, 1.165) is 0 Å². The van der Waals surface area contributed by atoms with Gasteiger partial charge in [0.1, 0.15) is 0 Å². The lowest BCUT2D eigenvalue weighted by atomic mass is 10.1. The van der Waals surface area contributed by atoms with Gasteiger partial charge in [0.15, 0.2) is 0 Å². The first-order valence-corrected chi connectivity index (χ1v) is 3.95. The Kier molecular flexibility index (Phi) is 2.97. The summed E-state index contributed by atoms with van der Waals surface area (Å²) in [6.45, 7) is 1.81. The van der Waals surface area contributed by atoms with Gasteiger partial charge in [-0.1, -0.05) is 0 Å². The largest absolute Gasteiger partial charge is 0.465 e. The summed E-state index contributed by atoms with van der Waals surface area (Å²) in [5, 5.41) is 0. The third-order valence-electron chi connectivity index (χ3n) is 1.67. The number of methoxy groups -OCH3 is 1. The topological polar surface area (TPSA) is 65.2 Å². The molecule has 1 aromatic rings. The fourth-order valence-corrected chi connectivity index (χ4v) is 0.942. The summed E-state index contributed by atoms with van der Waals surface area (Å²) >= 11 is 0. The van der Waals surface area contributed by atoms with Gasteiger partial charge >= 0.3 is 5.97 Å². The van der Waals surface area contributed by atoms with Crippen LogP contribution in [0, 0.1) is 0 Å². The molecule has 1 atom stereocenters. The van der Waals surface area contributed by atoms with Crippen molar-refractivity contribution in [2.45, 2.75) is 13.0 Å². The van der Waals surface area contributed by atoms with E-state index >= 15 is 0 Å². The van der Waals surface area contributed by atoms with Crippen LogP contribution in [0.15, 0.2) is 18.3 Å². The van der Waals surface area contributed by atoms with Crippen molar-refractivity contribution in [2.75, 3.05) is 7.11 Å². The van der Waals surface area contributed by atoms with Crippen molar-refractivity contribution < 1.29 is 9.53 Å². The number of pyridine rings is 1. The number of aromatic nitrogens is 1. The average Bonchev–Trinajstić information content (AvgIpc) is 2.17. The lowest BCUT2D eigenvalue weighted by molar-refractivity contribution is 0.0600. The van der Waals surface area contributed by atoms with Gasteiger partial charge in [-0.3, -0.25) is 4.98 Å². The van der Waals surface area contributed by atoms with E-state index < -0.39 is 0 Å². The Morgan fingerprint density at radius 2 is 2.38 bits per heavy atom. The summed E-state index contributed by atoms with van der Waals surface area (Å²) in [6, 6.07) is 3.05. The van der Waals surface area contributed by atoms with E-state index in [1.807, 2.05) is 6.92 Å². The number of hydrogen-bond acceptors (Lipinski definition) is 4. The van der Waals surface area contributed by atoms with Crippen molar-refractivity contribution in [3.8, 4) is 0 Å². The number of carbonyl (C=O) groups excluding carboxylic acids is 1. The Labute approximate surface area is 76.7 Å². The molecule has 1 heterocycles. The Balaban J connectivity index is 2.98. The Bertz CT molecular complexity index is 310. The molecule has 0 aliphatic heterocycles. The van der Waals surface area contributed by atoms with Crippen molar-refractivity contribution in [1.82, 2.24) is 4.98 Å². The van der Waals surface area contributed by atoms with Crippen LogP contribution in [0.4, 0.5) is 0 Å². The Hall–Kier alpha value is -1.42. The van der Waals surface area contributed by atoms with Crippen molar-refractivity contribution in [3.63, 3.8) is 0 Å². The predicted octanol–water partition coefficient (Wildman–Crippen LogP) is 0.888. The molecule has 0 saturated heterocycles. The summed E-state index contributed by atoms with van der Waals surface area (Å²) in [5.41, 5.74) is 6.77. The van der Waals surface area contributed by atoms with Crippen LogP contribution in [0.3, 0.4) is 0 Å². The highest BCUT2D eigenvalue weighted by Gasteiger charge is 2.07. The third kappa shape index (κ3) is 2.26. The van der Waals surface area contributed by atoms with E-state index in [2.05, 4.69) is 9.72 Å². The van der Waals surface area contributed by atoms with E-state index in [0.29, 0.717) is 11.3 Å². The minimum Gasteiger partial charge on any atom is -0.465 e. The maximum absolute atomic E-state index is 11.1. The van der Waals surface area contributed by atoms with Crippen molar-refractivity contribution in [1.29, 1.82) is 0 Å². The highest BCUT2D eigenvalue weighted by molar-refractivity contribution is 5.89. The van der Waals surface area contributed by atoms with Gasteiger partial charge in [-0.15, -0.1) is 0 Å². The van der Waals surface area contributed by atoms with Crippen molar-refractivity contribution in [3.05, 3.63) is 29.6 Å². The van der Waals surface area contributed by atoms with Gasteiger partial charge < -0.3 is 10.5 Å². The van der Waals surface area contributed by atoms with Crippen LogP contribution in [0.25, 0.3) is 0 Å². The zero-order chi connectivity index (χ0) is 9.84. The van der Waals surface area contributed by atoms with Crippen LogP contribution in [-0.2, 0) is 4.74 Å². The second-order valence-corrected chi connectivity index (χ2v) is 2.75. The van der Waals surface area contributed by atoms with Crippen LogP contribution in [0.2, 0.25) is 0 Å². The molecule has 0 fully saturated rings. The summed E-state index contributed by atoms with van der Waals surface area (Å²) < 4.78 is 4.56. The normalized spacial score (nSPS) is 12.2. The molecule has 0 aliphatic carbocycles. The van der Waals surface area contributed by atoms with Crippen LogP contribution in [-0.4, -0.2) is 18.1 Å². The van der Waals surface area contributed by atoms with E-state index in [1.54, 1.807) is 18.3 Å². The minimum absolute atomic E-state index is 0.176. The Morgan fingerprint density at radius 1 is 1.69 bits per heavy atom. The molecule has 1 rings (SSSR count). The fraction of sp³-hybridized carbons (Fsp3) is 0.333. The van der Waals surface area contributed by atoms with Gasteiger partial charge in [0.05, 0.1) is 18.4 Å². The SMILES string of the molecule is COC(=O)c1ccnc(C(C)N)c1. The van der Waals surface area contributed by atoms with Gasteiger partial charge in [-0.2, -0.15) is 0 Å². The number of carbonyl (C=O) groups is 1. The highest BCUT2D eigenvalue weighted by Crippen LogP contribution is 2.08. The standard InChI is InChI=1S/C9H12N2O2/c1-6(10)8-5-7(3-4-11-8)9(12)13-2/h3-6H,10H2,1-2H3. The first-order chi connectivity index (χ1) is 6.15. The highest BCUT2D eigenvalue weighted by atomic mass is 16.5. The van der Waals surface area contributed by atoms with Gasteiger partial charge in [0, 0.05) is 12.2 Å². The first-order valence-electron chi connectivity index (χ1n) is 3.95. The number of hydrogen-bond donors (Lipinski definition) is 1. The molecule has 0 aromatic carbocycles. The van der Waals surface area contributed by atoms with Gasteiger partial charge in [-0.25, -0.2) is 4.79 Å². The molecule has 0 saturated carbocycles. The Morgan fingerprint density at radius 3 is 2.92 bits per heavy atom. The molecular weight excluding hydrogens is 168 g/mol. The first kappa shape index (κ1) is 9.67. The van der Waals surface area contributed by atoms with Gasteiger partial charge in [0.25, 0.3) is 0 Å². The second-order valence-electron chi connectivity index (χ2n) is 2.75. The number of esters is 1. The van der Waals surface area contributed by atoms with Crippen LogP contribution in [0.1, 0.15) is 29.0 Å². The van der Waals surface area contributed by atoms with Crippen LogP contribution >= 0.6 is 0 Å². The van der Waals surface area contributed by atoms with Crippen LogP contribution in [0.5, 0.6) is 0 Å². The summed E-state index contributed by atoms with van der Waals surface area (Å²) in [6.07, 6.45) is 1.55. The minimum atomic E-state index is -0.371. The molecule has 0 radical (unpaired) electrons. The molecule has 13 heavy (non-hydrogen) atoms. The zero-order valence-electron chi connectivity index (χ0n) is 7.65. The maximum atomic E-state index is 11.1. The van der Waals surface area contributed by atoms with E-state index in [-0.39, 0.29) is 12.0 Å². The molecule has 0 spiro atoms. The zero-order valence-corrected chi connectivity index (χ0v) is 7.65. The lowest BCUT2D eigenvalue weighted by Gasteiger charge is -2.05. The monoisotopic (exact) mass is 180 g/mol. The number of rotatable bonds is 2. The van der Waals surface area contributed by atoms with Crippen molar-refractivity contribution >= 4 is 5.97 Å². The van der Waals surface area contributed by atoms with E-state index in [1.165, 1.54) is 7.11 Å². The van der Waals surface area contributed by atoms with E-state index in [9.17, 15) is 4.79 Å². The third-order valence-corrected chi connectivity index (χ3v) is 1.67. The molecule has 4 heteroatoms. The summed E-state index contributed by atoms with van der Waals surface area (Å²) in [5.74, 6) is -0.371. The quantitative estimate of drug-likeness (QED) is 0.686. The van der Waals surface area contributed by atoms with Gasteiger partial charge in [-0.05, 0) is 19.1 Å². The van der Waals surface area contributed by atoms with Gasteiger partial charge in [0.2, 0.25) is 0 Å². The molecule has 1 unspecified atom stereocenters. The smallest absolute Gasteiger partial charge is 0.337 e. The van der Waals surface area contributed by atoms with Crippen LogP contribution < -0.4 is 5.73 Å². The second kappa shape index (κ2) is 4.00. The molecule has 2 N–H and O–H groups in total. The maximum Gasteiger partial charge on any atom is 0.337 e. The molecule has 0 amide bonds. The molecule has 0 aliphatic rings. The van der Waals surface area contributed by atoms with E-state index in [4.69, 9.17) is 5.73 Å². The summed E-state index contributed by atoms with van der Waals surface area (Å²) in [4.78, 5) is 15.1. The molecule has 1 aromatic heterocycles. The molecule has 0 bridgehead atoms. The number of nitrogens with zero attached hydrogens (tertiary/aromatic N) is 1. The number of nitrogens with two attached hydrogens (primary N) is 1. The average molecular weight is 180 g/mol. The molecule has 70 valence electrons. The fourth-order valence-electron chi connectivity index (χ4n) is 0.942. The number of ether oxygens (including phenoxy) is 1. The predicted molar refractivity (Wildman–Crippen MR) is 48.2 cm³/mol.